The molecule has 0 fully saturated rings. The quantitative estimate of drug-likeness (QED) is 0.583. The third-order valence-electron chi connectivity index (χ3n) is 3.23. The number of aromatic hydroxyl groups is 1. The number of nitrogens with zero attached hydrogens (tertiary/aromatic N) is 1. The summed E-state index contributed by atoms with van der Waals surface area (Å²) in [7, 11) is 0. The van der Waals surface area contributed by atoms with Gasteiger partial charge in [-0.05, 0) is 50.2 Å². The summed E-state index contributed by atoms with van der Waals surface area (Å²) >= 11 is 0. The van der Waals surface area contributed by atoms with Crippen molar-refractivity contribution < 1.29 is 14.7 Å². The van der Waals surface area contributed by atoms with Crippen molar-refractivity contribution in [1.29, 1.82) is 0 Å². The van der Waals surface area contributed by atoms with Crippen LogP contribution >= 0.6 is 0 Å². The average Bonchev–Trinajstić information content (AvgIpc) is 2.55. The minimum atomic E-state index is -0.409. The Kier molecular flexibility index (Phi) is 5.68. The van der Waals surface area contributed by atoms with Crippen molar-refractivity contribution in [2.45, 2.75) is 20.3 Å². The number of rotatable bonds is 5. The van der Waals surface area contributed by atoms with Gasteiger partial charge in [0, 0.05) is 17.0 Å². The fraction of sp³-hybridized carbons (Fsp3) is 0.167. The molecule has 0 aromatic heterocycles. The second-order valence-corrected chi connectivity index (χ2v) is 5.43. The van der Waals surface area contributed by atoms with E-state index >= 15 is 0 Å². The molecule has 0 saturated heterocycles. The molecule has 0 aliphatic rings. The second-order valence-electron chi connectivity index (χ2n) is 5.43. The maximum Gasteiger partial charge on any atom is 0.271 e. The van der Waals surface area contributed by atoms with Gasteiger partial charge in [-0.1, -0.05) is 17.7 Å². The van der Waals surface area contributed by atoms with Crippen molar-refractivity contribution in [2.24, 2.45) is 5.10 Å². The van der Waals surface area contributed by atoms with E-state index in [1.54, 1.807) is 6.92 Å². The summed E-state index contributed by atoms with van der Waals surface area (Å²) in [4.78, 5) is 23.8. The summed E-state index contributed by atoms with van der Waals surface area (Å²) in [5, 5.41) is 15.9. The van der Waals surface area contributed by atoms with Crippen molar-refractivity contribution in [1.82, 2.24) is 5.43 Å². The summed E-state index contributed by atoms with van der Waals surface area (Å²) in [5.41, 5.74) is 5.06. The molecule has 0 unspecified atom stereocenters. The standard InChI is InChI=1S/C18H19N3O3/c1-12-3-7-15(8-4-12)19-17(23)11-13(2)20-21-18(24)14-5-9-16(22)10-6-14/h3-10,22H,11H2,1-2H3,(H,19,23)(H,21,24). The van der Waals surface area contributed by atoms with Gasteiger partial charge < -0.3 is 10.4 Å². The maximum absolute atomic E-state index is 11.9. The molecule has 24 heavy (non-hydrogen) atoms. The Bertz CT molecular complexity index is 750. The molecule has 2 rings (SSSR count). The second kappa shape index (κ2) is 7.92. The molecule has 124 valence electrons. The van der Waals surface area contributed by atoms with E-state index in [1.807, 2.05) is 31.2 Å². The van der Waals surface area contributed by atoms with Gasteiger partial charge in [-0.3, -0.25) is 9.59 Å². The van der Waals surface area contributed by atoms with Gasteiger partial charge in [0.15, 0.2) is 0 Å². The van der Waals surface area contributed by atoms with E-state index in [4.69, 9.17) is 0 Å². The van der Waals surface area contributed by atoms with E-state index in [1.165, 1.54) is 24.3 Å². The highest BCUT2D eigenvalue weighted by atomic mass is 16.3. The number of benzene rings is 2. The summed E-state index contributed by atoms with van der Waals surface area (Å²) in [6, 6.07) is 13.3. The van der Waals surface area contributed by atoms with Crippen LogP contribution < -0.4 is 10.7 Å². The molecule has 2 aromatic rings. The SMILES string of the molecule is CC(CC(=O)Nc1ccc(C)cc1)=NNC(=O)c1ccc(O)cc1. The lowest BCUT2D eigenvalue weighted by atomic mass is 10.2. The van der Waals surface area contributed by atoms with Crippen molar-refractivity contribution in [3.63, 3.8) is 0 Å². The molecule has 0 aliphatic heterocycles. The molecule has 0 saturated carbocycles. The smallest absolute Gasteiger partial charge is 0.271 e. The van der Waals surface area contributed by atoms with Crippen molar-refractivity contribution >= 4 is 23.2 Å². The van der Waals surface area contributed by atoms with Gasteiger partial charge >= 0.3 is 0 Å². The van der Waals surface area contributed by atoms with E-state index in [0.29, 0.717) is 17.0 Å². The van der Waals surface area contributed by atoms with Gasteiger partial charge in [-0.2, -0.15) is 5.10 Å². The van der Waals surface area contributed by atoms with Gasteiger partial charge in [-0.25, -0.2) is 5.43 Å². The highest BCUT2D eigenvalue weighted by Crippen LogP contribution is 2.10. The molecule has 6 nitrogen and oxygen atoms in total. The van der Waals surface area contributed by atoms with E-state index < -0.39 is 5.91 Å². The molecule has 0 aliphatic carbocycles. The van der Waals surface area contributed by atoms with E-state index in [-0.39, 0.29) is 18.1 Å². The Morgan fingerprint density at radius 3 is 2.29 bits per heavy atom. The molecule has 0 spiro atoms. The van der Waals surface area contributed by atoms with Crippen LogP contribution in [-0.2, 0) is 4.79 Å². The van der Waals surface area contributed by atoms with E-state index in [9.17, 15) is 14.7 Å². The molecule has 2 amide bonds. The van der Waals surface area contributed by atoms with Gasteiger partial charge in [-0.15, -0.1) is 0 Å². The number of carbonyl (C=O) groups is 2. The number of hydrogen-bond donors (Lipinski definition) is 3. The van der Waals surface area contributed by atoms with Crippen LogP contribution in [0.5, 0.6) is 5.75 Å². The van der Waals surface area contributed by atoms with Crippen molar-refractivity contribution in [3.8, 4) is 5.75 Å². The third kappa shape index (κ3) is 5.24. The van der Waals surface area contributed by atoms with Gasteiger partial charge in [0.05, 0.1) is 6.42 Å². The number of phenolic OH excluding ortho intramolecular Hbond substituents is 1. The van der Waals surface area contributed by atoms with Gasteiger partial charge in [0.2, 0.25) is 5.91 Å². The lowest BCUT2D eigenvalue weighted by Gasteiger charge is -2.06. The van der Waals surface area contributed by atoms with Crippen molar-refractivity contribution in [3.05, 3.63) is 59.7 Å². The van der Waals surface area contributed by atoms with Crippen LogP contribution in [0.25, 0.3) is 0 Å². The highest BCUT2D eigenvalue weighted by molar-refractivity contribution is 6.06. The van der Waals surface area contributed by atoms with Crippen LogP contribution in [-0.4, -0.2) is 22.6 Å². The molecule has 2 aromatic carbocycles. The van der Waals surface area contributed by atoms with Crippen LogP contribution in [0.1, 0.15) is 29.3 Å². The minimum Gasteiger partial charge on any atom is -0.508 e. The van der Waals surface area contributed by atoms with E-state index in [2.05, 4.69) is 15.8 Å². The van der Waals surface area contributed by atoms with Crippen LogP contribution in [0.3, 0.4) is 0 Å². The number of phenols is 1. The molecule has 0 bridgehead atoms. The topological polar surface area (TPSA) is 90.8 Å². The molecule has 3 N–H and O–H groups in total. The fourth-order valence-electron chi connectivity index (χ4n) is 1.94. The number of anilines is 1. The Morgan fingerprint density at radius 1 is 1.04 bits per heavy atom. The summed E-state index contributed by atoms with van der Waals surface area (Å²) in [5.74, 6) is -0.536. The zero-order chi connectivity index (χ0) is 17.5. The first-order valence-corrected chi connectivity index (χ1v) is 7.43. The zero-order valence-electron chi connectivity index (χ0n) is 13.5. The number of hydrogen-bond acceptors (Lipinski definition) is 4. The largest absolute Gasteiger partial charge is 0.508 e. The van der Waals surface area contributed by atoms with E-state index in [0.717, 1.165) is 5.56 Å². The average molecular weight is 325 g/mol. The number of aryl methyl sites for hydroxylation is 1. The van der Waals surface area contributed by atoms with Crippen LogP contribution in [0.15, 0.2) is 53.6 Å². The summed E-state index contributed by atoms with van der Waals surface area (Å²) < 4.78 is 0. The predicted molar refractivity (Wildman–Crippen MR) is 93.1 cm³/mol. The molecular weight excluding hydrogens is 306 g/mol. The number of carbonyl (C=O) groups excluding carboxylic acids is 2. The summed E-state index contributed by atoms with van der Waals surface area (Å²) in [6.07, 6.45) is 0.0731. The third-order valence-corrected chi connectivity index (χ3v) is 3.23. The Labute approximate surface area is 140 Å². The molecular formula is C18H19N3O3. The zero-order valence-corrected chi connectivity index (χ0v) is 13.5. The first-order valence-electron chi connectivity index (χ1n) is 7.43. The Balaban J connectivity index is 1.86. The van der Waals surface area contributed by atoms with Crippen LogP contribution in [0, 0.1) is 6.92 Å². The fourth-order valence-corrected chi connectivity index (χ4v) is 1.94. The summed E-state index contributed by atoms with van der Waals surface area (Å²) in [6.45, 7) is 3.63. The highest BCUT2D eigenvalue weighted by Gasteiger charge is 2.07. The molecule has 0 atom stereocenters. The van der Waals surface area contributed by atoms with Crippen molar-refractivity contribution in [2.75, 3.05) is 5.32 Å². The number of hydrazone groups is 1. The lowest BCUT2D eigenvalue weighted by Crippen LogP contribution is -2.21. The monoisotopic (exact) mass is 325 g/mol. The normalized spacial score (nSPS) is 11.0. The Hall–Kier alpha value is -3.15. The first-order chi connectivity index (χ1) is 11.4. The molecule has 0 radical (unpaired) electrons. The van der Waals surface area contributed by atoms with Crippen LogP contribution in [0.4, 0.5) is 5.69 Å². The number of nitrogens with one attached hydrogen (secondary N) is 2. The first kappa shape index (κ1) is 17.2. The van der Waals surface area contributed by atoms with Crippen LogP contribution in [0.2, 0.25) is 0 Å². The maximum atomic E-state index is 11.9. The van der Waals surface area contributed by atoms with Gasteiger partial charge in [0.1, 0.15) is 5.75 Å². The minimum absolute atomic E-state index is 0.0731. The lowest BCUT2D eigenvalue weighted by molar-refractivity contribution is -0.115. The van der Waals surface area contributed by atoms with Gasteiger partial charge in [0.25, 0.3) is 5.91 Å². The molecule has 6 heteroatoms. The molecule has 0 heterocycles. The number of amides is 2. The predicted octanol–water partition coefficient (Wildman–Crippen LogP) is 2.84. The Morgan fingerprint density at radius 2 is 1.67 bits per heavy atom.